The van der Waals surface area contributed by atoms with Gasteiger partial charge in [0, 0.05) is 13.2 Å². The van der Waals surface area contributed by atoms with Crippen molar-refractivity contribution in [2.75, 3.05) is 18.5 Å². The highest BCUT2D eigenvalue weighted by molar-refractivity contribution is 6.28. The summed E-state index contributed by atoms with van der Waals surface area (Å²) in [5.74, 6) is 0.271. The number of aliphatic hydroxyl groups excluding tert-OH is 1. The lowest BCUT2D eigenvalue weighted by Gasteiger charge is -2.11. The fraction of sp³-hybridized carbons (Fsp3) is 0.556. The lowest BCUT2D eigenvalue weighted by molar-refractivity contribution is -0.384. The van der Waals surface area contributed by atoms with Crippen LogP contribution in [-0.2, 0) is 0 Å². The molecule has 0 radical (unpaired) electrons. The van der Waals surface area contributed by atoms with Crippen molar-refractivity contribution in [3.63, 3.8) is 0 Å². The van der Waals surface area contributed by atoms with Gasteiger partial charge >= 0.3 is 5.69 Å². The first-order valence-electron chi connectivity index (χ1n) is 5.06. The Balaban J connectivity index is 2.75. The molecule has 1 aromatic rings. The van der Waals surface area contributed by atoms with Crippen LogP contribution in [0.1, 0.15) is 13.3 Å². The number of aromatic nitrogens is 2. The third-order valence-electron chi connectivity index (χ3n) is 2.18. The van der Waals surface area contributed by atoms with E-state index in [4.69, 9.17) is 16.7 Å². The summed E-state index contributed by atoms with van der Waals surface area (Å²) < 4.78 is 0. The second kappa shape index (κ2) is 6.31. The van der Waals surface area contributed by atoms with Crippen molar-refractivity contribution in [2.45, 2.75) is 13.3 Å². The lowest BCUT2D eigenvalue weighted by Crippen LogP contribution is -2.14. The molecule has 0 spiro atoms. The minimum Gasteiger partial charge on any atom is -0.396 e. The quantitative estimate of drug-likeness (QED) is 0.456. The second-order valence-corrected chi connectivity index (χ2v) is 3.97. The predicted octanol–water partition coefficient (Wildman–Crippen LogP) is 1.47. The molecule has 0 saturated carbocycles. The van der Waals surface area contributed by atoms with Crippen molar-refractivity contribution in [3.05, 3.63) is 21.6 Å². The van der Waals surface area contributed by atoms with E-state index >= 15 is 0 Å². The summed E-state index contributed by atoms with van der Waals surface area (Å²) in [4.78, 5) is 17.5. The fourth-order valence-corrected chi connectivity index (χ4v) is 1.34. The lowest BCUT2D eigenvalue weighted by atomic mass is 10.1. The van der Waals surface area contributed by atoms with E-state index in [2.05, 4.69) is 15.3 Å². The zero-order valence-corrected chi connectivity index (χ0v) is 10.0. The van der Waals surface area contributed by atoms with Crippen molar-refractivity contribution < 1.29 is 10.0 Å². The molecule has 7 nitrogen and oxygen atoms in total. The molecule has 1 aromatic heterocycles. The standard InChI is InChI=1S/C9H13ClN4O3/c1-6(2-3-15)4-11-8-7(14(16)17)5-12-9(10)13-8/h5-6,15H,2-4H2,1H3,(H,11,12,13). The molecule has 0 aliphatic heterocycles. The van der Waals surface area contributed by atoms with Crippen molar-refractivity contribution >= 4 is 23.1 Å². The molecule has 0 fully saturated rings. The molecule has 0 aromatic carbocycles. The Morgan fingerprint density at radius 3 is 3.00 bits per heavy atom. The molecule has 0 bridgehead atoms. The SMILES string of the molecule is CC(CCO)CNc1nc(Cl)ncc1[N+](=O)[O-]. The van der Waals surface area contributed by atoms with Gasteiger partial charge in [-0.1, -0.05) is 6.92 Å². The molecule has 8 heteroatoms. The minimum absolute atomic E-state index is 0.0482. The van der Waals surface area contributed by atoms with Crippen molar-refractivity contribution in [3.8, 4) is 0 Å². The molecule has 1 rings (SSSR count). The number of halogens is 1. The van der Waals surface area contributed by atoms with E-state index in [1.807, 2.05) is 6.92 Å². The minimum atomic E-state index is -0.574. The van der Waals surface area contributed by atoms with Gasteiger partial charge in [0.15, 0.2) is 0 Å². The maximum absolute atomic E-state index is 10.7. The summed E-state index contributed by atoms with van der Waals surface area (Å²) in [7, 11) is 0. The van der Waals surface area contributed by atoms with Crippen molar-refractivity contribution in [2.24, 2.45) is 5.92 Å². The van der Waals surface area contributed by atoms with Crippen LogP contribution in [0.2, 0.25) is 5.28 Å². The Morgan fingerprint density at radius 1 is 1.71 bits per heavy atom. The van der Waals surface area contributed by atoms with Crippen LogP contribution in [0.5, 0.6) is 0 Å². The first-order chi connectivity index (χ1) is 8.04. The van der Waals surface area contributed by atoms with Gasteiger partial charge in [-0.15, -0.1) is 0 Å². The maximum atomic E-state index is 10.7. The Morgan fingerprint density at radius 2 is 2.41 bits per heavy atom. The Labute approximate surface area is 103 Å². The van der Waals surface area contributed by atoms with Gasteiger partial charge in [-0.05, 0) is 23.9 Å². The molecule has 0 aliphatic carbocycles. The largest absolute Gasteiger partial charge is 0.396 e. The normalized spacial score (nSPS) is 12.2. The zero-order valence-electron chi connectivity index (χ0n) is 9.26. The van der Waals surface area contributed by atoms with Gasteiger partial charge in [0.05, 0.1) is 4.92 Å². The van der Waals surface area contributed by atoms with Gasteiger partial charge in [-0.25, -0.2) is 4.98 Å². The van der Waals surface area contributed by atoms with Crippen LogP contribution in [0, 0.1) is 16.0 Å². The van der Waals surface area contributed by atoms with Gasteiger partial charge in [0.2, 0.25) is 11.1 Å². The van der Waals surface area contributed by atoms with Crippen LogP contribution in [0.15, 0.2) is 6.20 Å². The molecule has 0 amide bonds. The number of hydrogen-bond donors (Lipinski definition) is 2. The summed E-state index contributed by atoms with van der Waals surface area (Å²) in [5.41, 5.74) is -0.217. The number of rotatable bonds is 6. The van der Waals surface area contributed by atoms with E-state index < -0.39 is 4.92 Å². The highest BCUT2D eigenvalue weighted by atomic mass is 35.5. The average molecular weight is 261 g/mol. The number of nitrogens with zero attached hydrogens (tertiary/aromatic N) is 3. The average Bonchev–Trinajstić information content (AvgIpc) is 2.26. The number of nitrogens with one attached hydrogen (secondary N) is 1. The van der Waals surface area contributed by atoms with Gasteiger partial charge in [0.25, 0.3) is 0 Å². The Kier molecular flexibility index (Phi) is 5.05. The summed E-state index contributed by atoms with van der Waals surface area (Å²) in [6.07, 6.45) is 1.67. The molecule has 94 valence electrons. The van der Waals surface area contributed by atoms with E-state index in [0.29, 0.717) is 13.0 Å². The smallest absolute Gasteiger partial charge is 0.329 e. The first-order valence-corrected chi connectivity index (χ1v) is 5.44. The monoisotopic (exact) mass is 260 g/mol. The Hall–Kier alpha value is -1.47. The summed E-state index contributed by atoms with van der Waals surface area (Å²) in [6, 6.07) is 0. The molecule has 17 heavy (non-hydrogen) atoms. The van der Waals surface area contributed by atoms with Crippen LogP contribution in [-0.4, -0.2) is 33.1 Å². The molecular weight excluding hydrogens is 248 g/mol. The molecule has 1 unspecified atom stereocenters. The molecular formula is C9H13ClN4O3. The number of nitro groups is 1. The van der Waals surface area contributed by atoms with E-state index in [-0.39, 0.29) is 29.3 Å². The van der Waals surface area contributed by atoms with Gasteiger partial charge in [-0.3, -0.25) is 10.1 Å². The Bertz CT molecular complexity index is 402. The summed E-state index contributed by atoms with van der Waals surface area (Å²) in [5, 5.41) is 22.2. The van der Waals surface area contributed by atoms with Crippen LogP contribution in [0.3, 0.4) is 0 Å². The fourth-order valence-electron chi connectivity index (χ4n) is 1.21. The third-order valence-corrected chi connectivity index (χ3v) is 2.36. The van der Waals surface area contributed by atoms with Gasteiger partial charge in [-0.2, -0.15) is 4.98 Å². The number of hydrogen-bond acceptors (Lipinski definition) is 6. The summed E-state index contributed by atoms with van der Waals surface area (Å²) in [6.45, 7) is 2.46. The molecule has 0 saturated heterocycles. The first kappa shape index (κ1) is 13.6. The molecule has 2 N–H and O–H groups in total. The van der Waals surface area contributed by atoms with Gasteiger partial charge < -0.3 is 10.4 Å². The highest BCUT2D eigenvalue weighted by Gasteiger charge is 2.17. The summed E-state index contributed by atoms with van der Waals surface area (Å²) >= 11 is 5.57. The van der Waals surface area contributed by atoms with E-state index in [0.717, 1.165) is 6.20 Å². The van der Waals surface area contributed by atoms with E-state index in [9.17, 15) is 10.1 Å². The van der Waals surface area contributed by atoms with Crippen LogP contribution in [0.4, 0.5) is 11.5 Å². The maximum Gasteiger partial charge on any atom is 0.329 e. The van der Waals surface area contributed by atoms with Crippen LogP contribution < -0.4 is 5.32 Å². The molecule has 1 atom stereocenters. The second-order valence-electron chi connectivity index (χ2n) is 3.63. The van der Waals surface area contributed by atoms with E-state index in [1.165, 1.54) is 0 Å². The van der Waals surface area contributed by atoms with Crippen LogP contribution in [0.25, 0.3) is 0 Å². The predicted molar refractivity (Wildman–Crippen MR) is 63.1 cm³/mol. The van der Waals surface area contributed by atoms with Gasteiger partial charge in [0.1, 0.15) is 6.20 Å². The number of aliphatic hydroxyl groups is 1. The topological polar surface area (TPSA) is 101 Å². The third kappa shape index (κ3) is 4.12. The zero-order chi connectivity index (χ0) is 12.8. The molecule has 1 heterocycles. The van der Waals surface area contributed by atoms with Crippen molar-refractivity contribution in [1.29, 1.82) is 0 Å². The van der Waals surface area contributed by atoms with Crippen LogP contribution >= 0.6 is 11.6 Å². The highest BCUT2D eigenvalue weighted by Crippen LogP contribution is 2.22. The van der Waals surface area contributed by atoms with Crippen molar-refractivity contribution in [1.82, 2.24) is 9.97 Å². The van der Waals surface area contributed by atoms with E-state index in [1.54, 1.807) is 0 Å². The molecule has 0 aliphatic rings. The number of anilines is 1.